The van der Waals surface area contributed by atoms with Crippen LogP contribution in [0.1, 0.15) is 36.5 Å². The number of aryl methyl sites for hydroxylation is 2. The van der Waals surface area contributed by atoms with Gasteiger partial charge in [-0.15, -0.1) is 0 Å². The Morgan fingerprint density at radius 2 is 1.34 bits per heavy atom. The summed E-state index contributed by atoms with van der Waals surface area (Å²) in [7, 11) is -7.90. The number of carbonyl (C=O) groups is 1. The molecule has 2 N–H and O–H groups in total. The molecule has 0 atom stereocenters. The summed E-state index contributed by atoms with van der Waals surface area (Å²) in [5.41, 5.74) is 4.18. The number of anilines is 3. The number of benzene rings is 4. The molecule has 0 unspecified atom stereocenters. The fraction of sp³-hybridized carbons (Fsp3) is 0.194. The van der Waals surface area contributed by atoms with Crippen LogP contribution in [-0.4, -0.2) is 29.3 Å². The minimum Gasteiger partial charge on any atom is -0.325 e. The van der Waals surface area contributed by atoms with Crippen LogP contribution in [0.4, 0.5) is 17.1 Å². The minimum absolute atomic E-state index is 0.0206. The van der Waals surface area contributed by atoms with Gasteiger partial charge in [-0.25, -0.2) is 16.8 Å². The highest BCUT2D eigenvalue weighted by Crippen LogP contribution is 2.26. The van der Waals surface area contributed by atoms with Gasteiger partial charge in [-0.1, -0.05) is 50.2 Å². The maximum atomic E-state index is 13.6. The molecule has 1 amide bonds. The molecule has 0 aliphatic heterocycles. The maximum Gasteiger partial charge on any atom is 0.264 e. The summed E-state index contributed by atoms with van der Waals surface area (Å²) in [6.45, 7) is 7.44. The van der Waals surface area contributed by atoms with Gasteiger partial charge < -0.3 is 5.32 Å². The number of nitrogens with zero attached hydrogens (tertiary/aromatic N) is 1. The van der Waals surface area contributed by atoms with Crippen molar-refractivity contribution in [2.45, 2.75) is 43.4 Å². The molecule has 10 heteroatoms. The number of hydrogen-bond acceptors (Lipinski definition) is 5. The number of rotatable bonds is 10. The van der Waals surface area contributed by atoms with Crippen LogP contribution >= 0.6 is 0 Å². The van der Waals surface area contributed by atoms with Crippen molar-refractivity contribution in [1.29, 1.82) is 0 Å². The molecular weight excluding hydrogens is 558 g/mol. The molecule has 0 radical (unpaired) electrons. The molecule has 8 nitrogen and oxygen atoms in total. The third kappa shape index (κ3) is 7.14. The highest BCUT2D eigenvalue weighted by molar-refractivity contribution is 7.93. The first-order chi connectivity index (χ1) is 19.4. The highest BCUT2D eigenvalue weighted by Gasteiger charge is 2.27. The minimum atomic E-state index is -4.05. The van der Waals surface area contributed by atoms with E-state index < -0.39 is 32.5 Å². The van der Waals surface area contributed by atoms with Crippen molar-refractivity contribution >= 4 is 43.0 Å². The summed E-state index contributed by atoms with van der Waals surface area (Å²) >= 11 is 0. The van der Waals surface area contributed by atoms with Gasteiger partial charge in [0.1, 0.15) is 6.54 Å². The number of amides is 1. The first-order valence-corrected chi connectivity index (χ1v) is 16.0. The van der Waals surface area contributed by atoms with E-state index in [1.807, 2.05) is 45.9 Å². The Bertz CT molecular complexity index is 1740. The van der Waals surface area contributed by atoms with Crippen LogP contribution in [0.25, 0.3) is 0 Å². The van der Waals surface area contributed by atoms with E-state index in [0.717, 1.165) is 21.0 Å². The molecule has 0 saturated carbocycles. The van der Waals surface area contributed by atoms with Crippen LogP contribution in [0.3, 0.4) is 0 Å². The molecule has 0 aromatic heterocycles. The van der Waals surface area contributed by atoms with Crippen molar-refractivity contribution in [2.75, 3.05) is 20.9 Å². The van der Waals surface area contributed by atoms with Crippen molar-refractivity contribution in [3.05, 3.63) is 114 Å². The van der Waals surface area contributed by atoms with Gasteiger partial charge in [0.2, 0.25) is 5.91 Å². The van der Waals surface area contributed by atoms with E-state index in [1.165, 1.54) is 36.4 Å². The first-order valence-electron chi connectivity index (χ1n) is 13.0. The second kappa shape index (κ2) is 12.2. The molecule has 0 fully saturated rings. The third-order valence-electron chi connectivity index (χ3n) is 6.67. The molecule has 41 heavy (non-hydrogen) atoms. The lowest BCUT2D eigenvalue weighted by Crippen LogP contribution is -2.38. The fourth-order valence-corrected chi connectivity index (χ4v) is 6.62. The van der Waals surface area contributed by atoms with Crippen LogP contribution < -0.4 is 14.3 Å². The van der Waals surface area contributed by atoms with Gasteiger partial charge >= 0.3 is 0 Å². The second-order valence-electron chi connectivity index (χ2n) is 10.0. The highest BCUT2D eigenvalue weighted by atomic mass is 32.2. The Balaban J connectivity index is 1.53. The second-order valence-corrected chi connectivity index (χ2v) is 13.6. The average Bonchev–Trinajstić information content (AvgIpc) is 2.94. The summed E-state index contributed by atoms with van der Waals surface area (Å²) < 4.78 is 56.5. The zero-order chi connectivity index (χ0) is 29.8. The predicted molar refractivity (Wildman–Crippen MR) is 163 cm³/mol. The Morgan fingerprint density at radius 3 is 1.93 bits per heavy atom. The summed E-state index contributed by atoms with van der Waals surface area (Å²) in [5, 5.41) is 2.68. The lowest BCUT2D eigenvalue weighted by atomic mass is 10.0. The fourth-order valence-electron chi connectivity index (χ4n) is 4.13. The van der Waals surface area contributed by atoms with Gasteiger partial charge in [0.05, 0.1) is 15.5 Å². The maximum absolute atomic E-state index is 13.6. The van der Waals surface area contributed by atoms with E-state index in [4.69, 9.17) is 0 Å². The van der Waals surface area contributed by atoms with Gasteiger partial charge in [-0.3, -0.25) is 13.8 Å². The van der Waals surface area contributed by atoms with Gasteiger partial charge in [-0.05, 0) is 97.1 Å². The molecule has 4 rings (SSSR count). The Morgan fingerprint density at radius 1 is 0.732 bits per heavy atom. The predicted octanol–water partition coefficient (Wildman–Crippen LogP) is 6.06. The van der Waals surface area contributed by atoms with Gasteiger partial charge in [0.15, 0.2) is 0 Å². The Kier molecular flexibility index (Phi) is 8.84. The van der Waals surface area contributed by atoms with Crippen molar-refractivity contribution in [3.8, 4) is 0 Å². The largest absolute Gasteiger partial charge is 0.325 e. The molecule has 0 saturated heterocycles. The van der Waals surface area contributed by atoms with Gasteiger partial charge in [0.25, 0.3) is 20.0 Å². The first kappa shape index (κ1) is 29.8. The SMILES string of the molecule is Cc1ccc(NS(=O)(=O)c2ccc(NC(=O)CN(c3ccc(C(C)C)cc3)S(=O)(=O)c3ccccc3)cc2)cc1C. The van der Waals surface area contributed by atoms with Crippen molar-refractivity contribution in [1.82, 2.24) is 0 Å². The molecule has 0 heterocycles. The van der Waals surface area contributed by atoms with Crippen molar-refractivity contribution in [2.24, 2.45) is 0 Å². The lowest BCUT2D eigenvalue weighted by Gasteiger charge is -2.24. The number of sulfonamides is 2. The van der Waals surface area contributed by atoms with Gasteiger partial charge in [0, 0.05) is 11.4 Å². The van der Waals surface area contributed by atoms with E-state index >= 15 is 0 Å². The molecule has 4 aromatic rings. The lowest BCUT2D eigenvalue weighted by molar-refractivity contribution is -0.114. The molecule has 0 spiro atoms. The average molecular weight is 592 g/mol. The summed E-state index contributed by atoms with van der Waals surface area (Å²) in [6, 6.07) is 25.9. The van der Waals surface area contributed by atoms with Crippen LogP contribution in [0.15, 0.2) is 107 Å². The van der Waals surface area contributed by atoms with Crippen LogP contribution in [0.5, 0.6) is 0 Å². The number of hydrogen-bond donors (Lipinski definition) is 2. The zero-order valence-electron chi connectivity index (χ0n) is 23.3. The molecule has 0 bridgehead atoms. The Labute approximate surface area is 242 Å². The number of nitrogens with one attached hydrogen (secondary N) is 2. The smallest absolute Gasteiger partial charge is 0.264 e. The van der Waals surface area contributed by atoms with Crippen LogP contribution in [-0.2, 0) is 24.8 Å². The standard InChI is InChI=1S/C31H33N3O5S2/c1-22(2)25-11-16-28(17-12-25)34(41(38,39)30-8-6-5-7-9-30)21-31(35)32-26-14-18-29(19-15-26)40(36,37)33-27-13-10-23(3)24(4)20-27/h5-20,22,33H,21H2,1-4H3,(H,32,35). The summed E-state index contributed by atoms with van der Waals surface area (Å²) in [4.78, 5) is 13.2. The normalized spacial score (nSPS) is 11.7. The third-order valence-corrected chi connectivity index (χ3v) is 9.86. The molecule has 0 aliphatic rings. The van der Waals surface area contributed by atoms with Gasteiger partial charge in [-0.2, -0.15) is 0 Å². The van der Waals surface area contributed by atoms with E-state index in [1.54, 1.807) is 42.5 Å². The zero-order valence-corrected chi connectivity index (χ0v) is 25.0. The van der Waals surface area contributed by atoms with E-state index in [0.29, 0.717) is 17.1 Å². The summed E-state index contributed by atoms with van der Waals surface area (Å²) in [6.07, 6.45) is 0. The monoisotopic (exact) mass is 591 g/mol. The number of carbonyl (C=O) groups excluding carboxylic acids is 1. The van der Waals surface area contributed by atoms with E-state index in [9.17, 15) is 21.6 Å². The van der Waals surface area contributed by atoms with Crippen molar-refractivity contribution in [3.63, 3.8) is 0 Å². The summed E-state index contributed by atoms with van der Waals surface area (Å²) in [5.74, 6) is -0.323. The van der Waals surface area contributed by atoms with E-state index in [-0.39, 0.29) is 15.7 Å². The van der Waals surface area contributed by atoms with Crippen LogP contribution in [0, 0.1) is 13.8 Å². The topological polar surface area (TPSA) is 113 Å². The molecule has 214 valence electrons. The quantitative estimate of drug-likeness (QED) is 0.233. The van der Waals surface area contributed by atoms with Crippen molar-refractivity contribution < 1.29 is 21.6 Å². The van der Waals surface area contributed by atoms with E-state index in [2.05, 4.69) is 10.0 Å². The Hall–Kier alpha value is -4.15. The molecule has 4 aromatic carbocycles. The molecular formula is C31H33N3O5S2. The molecule has 0 aliphatic carbocycles. The van der Waals surface area contributed by atoms with Crippen LogP contribution in [0.2, 0.25) is 0 Å².